The van der Waals surface area contributed by atoms with Crippen LogP contribution < -0.4 is 10.5 Å². The quantitative estimate of drug-likeness (QED) is 0.538. The molecular formula is C22H21F3N4O2S. The Balaban J connectivity index is 1.70. The molecule has 10 heteroatoms. The van der Waals surface area contributed by atoms with E-state index in [1.807, 2.05) is 32.0 Å². The lowest BCUT2D eigenvalue weighted by atomic mass is 10.1. The Kier molecular flexibility index (Phi) is 5.66. The molecule has 1 aliphatic carbocycles. The van der Waals surface area contributed by atoms with E-state index in [2.05, 4.69) is 10.1 Å². The van der Waals surface area contributed by atoms with Crippen LogP contribution >= 0.6 is 11.3 Å². The van der Waals surface area contributed by atoms with Gasteiger partial charge in [0.05, 0.1) is 23.6 Å². The van der Waals surface area contributed by atoms with Gasteiger partial charge in [0.2, 0.25) is 5.91 Å². The van der Waals surface area contributed by atoms with E-state index in [4.69, 9.17) is 0 Å². The predicted octanol–water partition coefficient (Wildman–Crippen LogP) is 4.95. The highest BCUT2D eigenvalue weighted by molar-refractivity contribution is 7.14. The molecule has 168 valence electrons. The van der Waals surface area contributed by atoms with Gasteiger partial charge < -0.3 is 0 Å². The van der Waals surface area contributed by atoms with Crippen LogP contribution in [0.2, 0.25) is 0 Å². The van der Waals surface area contributed by atoms with Crippen LogP contribution in [0.5, 0.6) is 0 Å². The number of rotatable bonds is 5. The van der Waals surface area contributed by atoms with Gasteiger partial charge in [0.25, 0.3) is 5.56 Å². The Labute approximate surface area is 186 Å². The molecule has 32 heavy (non-hydrogen) atoms. The average Bonchev–Trinajstić information content (AvgIpc) is 3.46. The topological polar surface area (TPSA) is 68.1 Å². The first-order valence-electron chi connectivity index (χ1n) is 10.1. The number of aryl methyl sites for hydroxylation is 1. The second-order valence-corrected chi connectivity index (χ2v) is 8.75. The van der Waals surface area contributed by atoms with Crippen molar-refractivity contribution in [2.24, 2.45) is 0 Å². The predicted molar refractivity (Wildman–Crippen MR) is 115 cm³/mol. The zero-order valence-corrected chi connectivity index (χ0v) is 18.5. The van der Waals surface area contributed by atoms with E-state index in [1.54, 1.807) is 5.38 Å². The fourth-order valence-corrected chi connectivity index (χ4v) is 4.33. The van der Waals surface area contributed by atoms with Gasteiger partial charge in [0, 0.05) is 18.2 Å². The minimum Gasteiger partial charge on any atom is -0.274 e. The number of carbonyl (C=O) groups excluding carboxylic acids is 1. The first-order chi connectivity index (χ1) is 15.1. The van der Waals surface area contributed by atoms with Crippen LogP contribution in [0, 0.1) is 13.8 Å². The lowest BCUT2D eigenvalue weighted by Crippen LogP contribution is -2.32. The molecule has 2 aromatic heterocycles. The fraction of sp³-hybridized carbons (Fsp3) is 0.364. The van der Waals surface area contributed by atoms with Crippen LogP contribution in [-0.4, -0.2) is 20.7 Å². The van der Waals surface area contributed by atoms with Crippen molar-refractivity contribution in [1.82, 2.24) is 14.8 Å². The summed E-state index contributed by atoms with van der Waals surface area (Å²) in [5.41, 5.74) is 0.830. The van der Waals surface area contributed by atoms with Crippen LogP contribution in [0.25, 0.3) is 0 Å². The monoisotopic (exact) mass is 462 g/mol. The molecule has 4 rings (SSSR count). The molecule has 1 aromatic carbocycles. The van der Waals surface area contributed by atoms with E-state index in [9.17, 15) is 22.8 Å². The third kappa shape index (κ3) is 4.32. The summed E-state index contributed by atoms with van der Waals surface area (Å²) < 4.78 is 41.0. The smallest absolute Gasteiger partial charge is 0.274 e. The first kappa shape index (κ1) is 22.2. The summed E-state index contributed by atoms with van der Waals surface area (Å²) >= 11 is 1.18. The largest absolute Gasteiger partial charge is 0.421 e. The first-order valence-corrected chi connectivity index (χ1v) is 10.9. The van der Waals surface area contributed by atoms with Crippen molar-refractivity contribution in [3.05, 3.63) is 68.1 Å². The normalized spacial score (nSPS) is 13.9. The van der Waals surface area contributed by atoms with Crippen molar-refractivity contribution in [2.45, 2.75) is 52.3 Å². The maximum absolute atomic E-state index is 13.4. The number of benzene rings is 1. The number of aromatic nitrogens is 3. The maximum atomic E-state index is 13.4. The second-order valence-electron chi connectivity index (χ2n) is 7.91. The summed E-state index contributed by atoms with van der Waals surface area (Å²) in [6, 6.07) is 6.45. The summed E-state index contributed by atoms with van der Waals surface area (Å²) in [5.74, 6) is -0.295. The number of carbonyl (C=O) groups is 1. The van der Waals surface area contributed by atoms with Gasteiger partial charge in [-0.25, -0.2) is 9.67 Å². The second kappa shape index (κ2) is 8.16. The van der Waals surface area contributed by atoms with Crippen molar-refractivity contribution >= 4 is 28.1 Å². The Hall–Kier alpha value is -3.01. The minimum absolute atomic E-state index is 0.0496. The van der Waals surface area contributed by atoms with Gasteiger partial charge in [-0.15, -0.1) is 11.3 Å². The molecule has 6 nitrogen and oxygen atoms in total. The Morgan fingerprint density at radius 3 is 2.62 bits per heavy atom. The van der Waals surface area contributed by atoms with E-state index < -0.39 is 17.3 Å². The third-order valence-electron chi connectivity index (χ3n) is 5.47. The van der Waals surface area contributed by atoms with Gasteiger partial charge in [-0.2, -0.15) is 18.3 Å². The summed E-state index contributed by atoms with van der Waals surface area (Å²) in [6.45, 7) is 5.05. The molecule has 1 fully saturated rings. The van der Waals surface area contributed by atoms with Crippen molar-refractivity contribution < 1.29 is 18.0 Å². The van der Waals surface area contributed by atoms with E-state index >= 15 is 0 Å². The highest BCUT2D eigenvalue weighted by Crippen LogP contribution is 2.40. The SMILES string of the molecule is CC(=O)N(c1nc(Cn2nc(C3CC3)cc(C(F)(F)F)c2=O)cs1)c1cccc(C)c1C. The molecule has 1 saturated carbocycles. The molecule has 0 unspecified atom stereocenters. The van der Waals surface area contributed by atoms with Gasteiger partial charge >= 0.3 is 6.18 Å². The standard InChI is InChI=1S/C22H21F3N4O2S/c1-12-5-4-6-19(13(12)2)29(14(3)30)21-26-16(11-32-21)10-28-20(31)17(22(23,24)25)9-18(27-28)15-7-8-15/h4-6,9,11,15H,7-8,10H2,1-3H3. The Morgan fingerprint density at radius 1 is 1.28 bits per heavy atom. The summed E-state index contributed by atoms with van der Waals surface area (Å²) in [5, 5.41) is 6.17. The zero-order chi connectivity index (χ0) is 23.2. The molecule has 0 aliphatic heterocycles. The Bertz CT molecular complexity index is 1240. The molecule has 1 aliphatic rings. The molecule has 0 saturated heterocycles. The average molecular weight is 462 g/mol. The van der Waals surface area contributed by atoms with Gasteiger partial charge in [0.15, 0.2) is 5.13 Å². The number of hydrogen-bond acceptors (Lipinski definition) is 5. The van der Waals surface area contributed by atoms with Crippen molar-refractivity contribution in [3.63, 3.8) is 0 Å². The molecule has 3 aromatic rings. The van der Waals surface area contributed by atoms with Gasteiger partial charge in [-0.05, 0) is 49.9 Å². The molecule has 0 N–H and O–H groups in total. The van der Waals surface area contributed by atoms with E-state index in [-0.39, 0.29) is 24.1 Å². The van der Waals surface area contributed by atoms with Crippen LogP contribution in [0.4, 0.5) is 24.0 Å². The number of anilines is 2. The third-order valence-corrected chi connectivity index (χ3v) is 6.34. The van der Waals surface area contributed by atoms with E-state index in [0.29, 0.717) is 16.5 Å². The molecule has 1 amide bonds. The number of nitrogens with zero attached hydrogens (tertiary/aromatic N) is 4. The molecule has 0 spiro atoms. The number of amides is 1. The number of thiazole rings is 1. The fourth-order valence-electron chi connectivity index (χ4n) is 3.46. The summed E-state index contributed by atoms with van der Waals surface area (Å²) in [4.78, 5) is 30.8. The van der Waals surface area contributed by atoms with Crippen molar-refractivity contribution in [3.8, 4) is 0 Å². The molecule has 0 bridgehead atoms. The number of alkyl halides is 3. The summed E-state index contributed by atoms with van der Waals surface area (Å²) in [7, 11) is 0. The van der Waals surface area contributed by atoms with Crippen LogP contribution in [0.3, 0.4) is 0 Å². The van der Waals surface area contributed by atoms with Gasteiger partial charge in [-0.3, -0.25) is 14.5 Å². The lowest BCUT2D eigenvalue weighted by molar-refractivity contribution is -0.139. The zero-order valence-electron chi connectivity index (χ0n) is 17.7. The maximum Gasteiger partial charge on any atom is 0.421 e. The summed E-state index contributed by atoms with van der Waals surface area (Å²) in [6.07, 6.45) is -3.24. The highest BCUT2D eigenvalue weighted by Gasteiger charge is 2.37. The van der Waals surface area contributed by atoms with Crippen LogP contribution in [0.15, 0.2) is 34.4 Å². The minimum atomic E-state index is -4.76. The van der Waals surface area contributed by atoms with E-state index in [1.165, 1.54) is 23.2 Å². The molecule has 2 heterocycles. The lowest BCUT2D eigenvalue weighted by Gasteiger charge is -2.21. The Morgan fingerprint density at radius 2 is 2.00 bits per heavy atom. The van der Waals surface area contributed by atoms with Gasteiger partial charge in [-0.1, -0.05) is 12.1 Å². The van der Waals surface area contributed by atoms with Gasteiger partial charge in [0.1, 0.15) is 5.56 Å². The molecule has 0 atom stereocenters. The van der Waals surface area contributed by atoms with E-state index in [0.717, 1.165) is 34.7 Å². The highest BCUT2D eigenvalue weighted by atomic mass is 32.1. The van der Waals surface area contributed by atoms with Crippen LogP contribution in [0.1, 0.15) is 53.8 Å². The number of halogens is 3. The van der Waals surface area contributed by atoms with Crippen molar-refractivity contribution in [2.75, 3.05) is 4.90 Å². The van der Waals surface area contributed by atoms with Crippen molar-refractivity contribution in [1.29, 1.82) is 0 Å². The molecule has 0 radical (unpaired) electrons. The molecular weight excluding hydrogens is 441 g/mol. The number of hydrogen-bond donors (Lipinski definition) is 0. The van der Waals surface area contributed by atoms with Crippen LogP contribution in [-0.2, 0) is 17.5 Å².